The van der Waals surface area contributed by atoms with E-state index >= 15 is 0 Å². The molecule has 0 radical (unpaired) electrons. The number of carboxylic acid groups (broad SMARTS) is 1. The number of ether oxygens (including phenoxy) is 1. The third-order valence-electron chi connectivity index (χ3n) is 2.49. The van der Waals surface area contributed by atoms with Crippen LogP contribution in [0, 0.1) is 0 Å². The summed E-state index contributed by atoms with van der Waals surface area (Å²) >= 11 is 1.43. The molecule has 0 aliphatic heterocycles. The van der Waals surface area contributed by atoms with Gasteiger partial charge in [0.15, 0.2) is 16.9 Å². The second kappa shape index (κ2) is 4.36. The van der Waals surface area contributed by atoms with E-state index in [1.165, 1.54) is 17.4 Å². The highest BCUT2D eigenvalue weighted by atomic mass is 32.1. The second-order valence-electron chi connectivity index (χ2n) is 3.69. The molecule has 0 spiro atoms. The fourth-order valence-corrected chi connectivity index (χ4v) is 2.36. The molecule has 6 nitrogen and oxygen atoms in total. The van der Waals surface area contributed by atoms with E-state index in [9.17, 15) is 4.79 Å². The van der Waals surface area contributed by atoms with Crippen LogP contribution in [0.3, 0.4) is 0 Å². The molecule has 0 atom stereocenters. The largest absolute Gasteiger partial charge is 0.496 e. The van der Waals surface area contributed by atoms with Crippen molar-refractivity contribution < 1.29 is 19.1 Å². The summed E-state index contributed by atoms with van der Waals surface area (Å²) in [7, 11) is 1.58. The van der Waals surface area contributed by atoms with Gasteiger partial charge in [-0.1, -0.05) is 0 Å². The number of aromatic carboxylic acids is 1. The average molecular weight is 276 g/mol. The number of nitrogens with zero attached hydrogens (tertiary/aromatic N) is 2. The zero-order chi connectivity index (χ0) is 13.4. The number of aromatic nitrogens is 2. The number of pyridine rings is 1. The van der Waals surface area contributed by atoms with Crippen molar-refractivity contribution >= 4 is 28.5 Å². The predicted molar refractivity (Wildman–Crippen MR) is 68.6 cm³/mol. The molecule has 0 bridgehead atoms. The number of carboxylic acids is 1. The van der Waals surface area contributed by atoms with Crippen LogP contribution in [-0.4, -0.2) is 28.2 Å². The summed E-state index contributed by atoms with van der Waals surface area (Å²) in [6.07, 6.45) is 0. The molecular formula is C12H8N2O4S. The maximum absolute atomic E-state index is 10.8. The second-order valence-corrected chi connectivity index (χ2v) is 4.60. The van der Waals surface area contributed by atoms with Crippen LogP contribution in [0.5, 0.6) is 5.75 Å². The van der Waals surface area contributed by atoms with Gasteiger partial charge >= 0.3 is 5.97 Å². The van der Waals surface area contributed by atoms with Crippen LogP contribution in [-0.2, 0) is 0 Å². The zero-order valence-corrected chi connectivity index (χ0v) is 10.6. The molecule has 0 unspecified atom stereocenters. The fraction of sp³-hybridized carbons (Fsp3) is 0.0833. The zero-order valence-electron chi connectivity index (χ0n) is 9.78. The maximum Gasteiger partial charge on any atom is 0.354 e. The lowest BCUT2D eigenvalue weighted by molar-refractivity contribution is 0.0691. The van der Waals surface area contributed by atoms with Gasteiger partial charge in [-0.2, -0.15) is 4.98 Å². The number of fused-ring (bicyclic) bond motifs is 1. The lowest BCUT2D eigenvalue weighted by Gasteiger charge is -1.90. The third kappa shape index (κ3) is 2.04. The molecule has 3 aromatic heterocycles. The van der Waals surface area contributed by atoms with Crippen molar-refractivity contribution in [2.75, 3.05) is 7.11 Å². The Morgan fingerprint density at radius 3 is 2.95 bits per heavy atom. The van der Waals surface area contributed by atoms with E-state index < -0.39 is 5.97 Å². The number of hydrogen-bond acceptors (Lipinski definition) is 6. The van der Waals surface area contributed by atoms with Gasteiger partial charge in [0.2, 0.25) is 5.89 Å². The van der Waals surface area contributed by atoms with Crippen LogP contribution in [0.1, 0.15) is 10.5 Å². The summed E-state index contributed by atoms with van der Waals surface area (Å²) < 4.78 is 10.6. The van der Waals surface area contributed by atoms with Gasteiger partial charge in [-0.15, -0.1) is 11.3 Å². The van der Waals surface area contributed by atoms with Gasteiger partial charge in [0.1, 0.15) is 5.75 Å². The molecule has 0 amide bonds. The molecule has 1 N–H and O–H groups in total. The van der Waals surface area contributed by atoms with Gasteiger partial charge in [0, 0.05) is 11.4 Å². The van der Waals surface area contributed by atoms with Gasteiger partial charge in [-0.3, -0.25) is 0 Å². The van der Waals surface area contributed by atoms with Crippen molar-refractivity contribution in [3.63, 3.8) is 0 Å². The summed E-state index contributed by atoms with van der Waals surface area (Å²) in [5.41, 5.74) is 0.672. The van der Waals surface area contributed by atoms with Crippen molar-refractivity contribution in [3.8, 4) is 16.5 Å². The first kappa shape index (κ1) is 11.7. The van der Waals surface area contributed by atoms with Gasteiger partial charge < -0.3 is 14.3 Å². The van der Waals surface area contributed by atoms with E-state index in [2.05, 4.69) is 9.97 Å². The maximum atomic E-state index is 10.8. The number of oxazole rings is 1. The molecular weight excluding hydrogens is 268 g/mol. The monoisotopic (exact) mass is 276 g/mol. The highest BCUT2D eigenvalue weighted by Crippen LogP contribution is 2.32. The Labute approximate surface area is 111 Å². The topological polar surface area (TPSA) is 85.5 Å². The van der Waals surface area contributed by atoms with Crippen LogP contribution < -0.4 is 4.74 Å². The van der Waals surface area contributed by atoms with Crippen LogP contribution in [0.4, 0.5) is 0 Å². The van der Waals surface area contributed by atoms with Crippen molar-refractivity contribution in [3.05, 3.63) is 29.3 Å². The van der Waals surface area contributed by atoms with Gasteiger partial charge in [0.25, 0.3) is 0 Å². The smallest absolute Gasteiger partial charge is 0.354 e. The molecule has 7 heteroatoms. The number of carbonyl (C=O) groups is 1. The summed E-state index contributed by atoms with van der Waals surface area (Å²) in [5.74, 6) is 0.0315. The first-order valence-corrected chi connectivity index (χ1v) is 6.19. The molecule has 3 aromatic rings. The number of rotatable bonds is 3. The first-order valence-electron chi connectivity index (χ1n) is 5.31. The Balaban J connectivity index is 2.08. The number of thiophene rings is 1. The highest BCUT2D eigenvalue weighted by Gasteiger charge is 2.14. The van der Waals surface area contributed by atoms with Gasteiger partial charge in [-0.25, -0.2) is 9.78 Å². The van der Waals surface area contributed by atoms with E-state index in [0.29, 0.717) is 11.5 Å². The van der Waals surface area contributed by atoms with Gasteiger partial charge in [-0.05, 0) is 12.1 Å². The molecule has 3 rings (SSSR count). The molecule has 0 fully saturated rings. The van der Waals surface area contributed by atoms with Crippen molar-refractivity contribution in [2.45, 2.75) is 0 Å². The predicted octanol–water partition coefficient (Wildman–Crippen LogP) is 2.66. The minimum absolute atomic E-state index is 0.0592. The molecule has 96 valence electrons. The Kier molecular flexibility index (Phi) is 2.68. The minimum atomic E-state index is -1.09. The third-order valence-corrected chi connectivity index (χ3v) is 3.39. The van der Waals surface area contributed by atoms with E-state index in [4.69, 9.17) is 14.3 Å². The molecule has 0 aliphatic rings. The van der Waals surface area contributed by atoms with Gasteiger partial charge in [0.05, 0.1) is 12.0 Å². The van der Waals surface area contributed by atoms with E-state index in [0.717, 1.165) is 10.6 Å². The fourth-order valence-electron chi connectivity index (χ4n) is 1.58. The van der Waals surface area contributed by atoms with E-state index in [1.54, 1.807) is 19.2 Å². The SMILES string of the molecule is COc1csc(-c2nc3nc(C(=O)O)ccc3o2)c1. The van der Waals surface area contributed by atoms with Crippen molar-refractivity contribution in [1.29, 1.82) is 0 Å². The van der Waals surface area contributed by atoms with Crippen molar-refractivity contribution in [1.82, 2.24) is 9.97 Å². The van der Waals surface area contributed by atoms with E-state index in [-0.39, 0.29) is 11.3 Å². The Morgan fingerprint density at radius 2 is 2.26 bits per heavy atom. The lowest BCUT2D eigenvalue weighted by Crippen LogP contribution is -1.99. The van der Waals surface area contributed by atoms with Crippen LogP contribution in [0.25, 0.3) is 22.0 Å². The van der Waals surface area contributed by atoms with Crippen LogP contribution >= 0.6 is 11.3 Å². The first-order chi connectivity index (χ1) is 9.17. The molecule has 0 aliphatic carbocycles. The average Bonchev–Trinajstić information content (AvgIpc) is 3.03. The summed E-state index contributed by atoms with van der Waals surface area (Å²) in [6.45, 7) is 0. The standard InChI is InChI=1S/C12H8N2O4S/c1-17-6-4-9(19-5-6)11-14-10-8(18-11)3-2-7(13-10)12(15)16/h2-5H,1H3,(H,15,16). The number of methoxy groups -OCH3 is 1. The van der Waals surface area contributed by atoms with Crippen molar-refractivity contribution in [2.24, 2.45) is 0 Å². The summed E-state index contributed by atoms with van der Waals surface area (Å²) in [4.78, 5) is 19.7. The number of hydrogen-bond donors (Lipinski definition) is 1. The minimum Gasteiger partial charge on any atom is -0.496 e. The van der Waals surface area contributed by atoms with Crippen LogP contribution in [0.2, 0.25) is 0 Å². The Hall–Kier alpha value is -2.41. The molecule has 19 heavy (non-hydrogen) atoms. The van der Waals surface area contributed by atoms with Crippen LogP contribution in [0.15, 0.2) is 28.0 Å². The highest BCUT2D eigenvalue weighted by molar-refractivity contribution is 7.13. The molecule has 3 heterocycles. The van der Waals surface area contributed by atoms with E-state index in [1.807, 2.05) is 5.38 Å². The normalized spacial score (nSPS) is 10.8. The Bertz CT molecular complexity index is 762. The molecule has 0 aromatic carbocycles. The Morgan fingerprint density at radius 1 is 1.42 bits per heavy atom. The molecule has 0 saturated heterocycles. The summed E-state index contributed by atoms with van der Waals surface area (Å²) in [5, 5.41) is 10.7. The molecule has 0 saturated carbocycles. The summed E-state index contributed by atoms with van der Waals surface area (Å²) in [6, 6.07) is 4.73. The lowest BCUT2D eigenvalue weighted by atomic mass is 10.3. The quantitative estimate of drug-likeness (QED) is 0.791.